The first kappa shape index (κ1) is 10.4. The average Bonchev–Trinajstić information content (AvgIpc) is 1.65. The van der Waals surface area contributed by atoms with Gasteiger partial charge in [0.2, 0.25) is 0 Å². The topological polar surface area (TPSA) is 63.5 Å². The molecule has 3 nitrogen and oxygen atoms in total. The number of aliphatic hydroxyl groups excluding tert-OH is 2. The second-order valence-corrected chi connectivity index (χ2v) is 1.15. The Labute approximate surface area is 48.9 Å². The van der Waals surface area contributed by atoms with E-state index in [1.54, 1.807) is 0 Å². The highest BCUT2D eigenvalue weighted by atomic mass is 16.3. The van der Waals surface area contributed by atoms with E-state index in [1.165, 1.54) is 6.92 Å². The second-order valence-electron chi connectivity index (χ2n) is 1.15. The molecule has 0 aromatic carbocycles. The molecule has 0 unspecified atom stereocenters. The summed E-state index contributed by atoms with van der Waals surface area (Å²) >= 11 is 0. The fourth-order valence-corrected chi connectivity index (χ4v) is 0. The van der Waals surface area contributed by atoms with Gasteiger partial charge in [0.15, 0.2) is 0 Å². The van der Waals surface area contributed by atoms with Gasteiger partial charge < -0.3 is 15.3 Å². The Morgan fingerprint density at radius 3 is 1.62 bits per heavy atom. The van der Waals surface area contributed by atoms with Crippen molar-refractivity contribution in [1.82, 2.24) is 0 Å². The van der Waals surface area contributed by atoms with Gasteiger partial charge in [0.25, 0.3) is 0 Å². The van der Waals surface area contributed by atoms with Crippen LogP contribution in [0, 0.1) is 0 Å². The van der Waals surface area contributed by atoms with Gasteiger partial charge in [-0.3, -0.25) is 0 Å². The van der Waals surface area contributed by atoms with E-state index < -0.39 is 0 Å². The third-order valence-corrected chi connectivity index (χ3v) is 0.1000. The molecule has 0 rings (SSSR count). The Bertz CT molecular complexity index is 45.6. The molecule has 0 atom stereocenters. The van der Waals surface area contributed by atoms with Crippen LogP contribution in [-0.4, -0.2) is 23.4 Å². The molecule has 2 N–H and O–H groups in total. The molecular weight excluding hydrogens is 108 g/mol. The molecule has 0 aromatic heterocycles. The van der Waals surface area contributed by atoms with Crippen LogP contribution in [0.25, 0.3) is 0 Å². The van der Waals surface area contributed by atoms with E-state index >= 15 is 0 Å². The standard InChI is InChI=1S/C3H6O.C2H6O2/c1-3(2)4;3-1-2-4/h4H,1H2,2H3;3-4H,1-2H2/p-1. The van der Waals surface area contributed by atoms with Crippen LogP contribution in [0.3, 0.4) is 0 Å². The van der Waals surface area contributed by atoms with E-state index in [2.05, 4.69) is 6.58 Å². The number of hydrogen-bond donors (Lipinski definition) is 2. The summed E-state index contributed by atoms with van der Waals surface area (Å²) in [6, 6.07) is 0. The summed E-state index contributed by atoms with van der Waals surface area (Å²) in [5.41, 5.74) is 0. The maximum atomic E-state index is 9.33. The maximum Gasteiger partial charge on any atom is 0.0662 e. The van der Waals surface area contributed by atoms with Crippen molar-refractivity contribution < 1.29 is 15.3 Å². The Morgan fingerprint density at radius 1 is 1.50 bits per heavy atom. The average molecular weight is 119 g/mol. The quantitative estimate of drug-likeness (QED) is 0.428. The van der Waals surface area contributed by atoms with Crippen LogP contribution in [0.4, 0.5) is 0 Å². The third-order valence-electron chi connectivity index (χ3n) is 0.1000. The van der Waals surface area contributed by atoms with E-state index in [-0.39, 0.29) is 19.0 Å². The SMILES string of the molecule is C=C(C)[O-].OCCO. The van der Waals surface area contributed by atoms with Gasteiger partial charge >= 0.3 is 0 Å². The van der Waals surface area contributed by atoms with Crippen LogP contribution in [0.2, 0.25) is 0 Å². The van der Waals surface area contributed by atoms with E-state index in [0.29, 0.717) is 0 Å². The molecule has 0 aliphatic rings. The van der Waals surface area contributed by atoms with Gasteiger partial charge in [0.05, 0.1) is 13.2 Å². The Balaban J connectivity index is 0. The Morgan fingerprint density at radius 2 is 1.62 bits per heavy atom. The Hall–Kier alpha value is -0.540. The lowest BCUT2D eigenvalue weighted by atomic mass is 10.7. The van der Waals surface area contributed by atoms with Crippen LogP contribution in [-0.2, 0) is 0 Å². The summed E-state index contributed by atoms with van der Waals surface area (Å²) in [7, 11) is 0. The van der Waals surface area contributed by atoms with Crippen molar-refractivity contribution in [3.8, 4) is 0 Å². The summed E-state index contributed by atoms with van der Waals surface area (Å²) in [4.78, 5) is 0. The molecule has 0 fully saturated rings. The first-order valence-electron chi connectivity index (χ1n) is 2.19. The van der Waals surface area contributed by atoms with Crippen molar-refractivity contribution in [2.24, 2.45) is 0 Å². The molecule has 50 valence electrons. The highest BCUT2D eigenvalue weighted by molar-refractivity contribution is 4.64. The van der Waals surface area contributed by atoms with Crippen LogP contribution in [0.5, 0.6) is 0 Å². The van der Waals surface area contributed by atoms with Crippen LogP contribution < -0.4 is 5.11 Å². The van der Waals surface area contributed by atoms with Crippen molar-refractivity contribution >= 4 is 0 Å². The molecule has 0 saturated heterocycles. The minimum absolute atomic E-state index is 0.0833. The van der Waals surface area contributed by atoms with Gasteiger partial charge in [-0.05, 0) is 0 Å². The summed E-state index contributed by atoms with van der Waals surface area (Å²) in [6.07, 6.45) is 0. The van der Waals surface area contributed by atoms with Gasteiger partial charge in [-0.15, -0.1) is 12.3 Å². The highest BCUT2D eigenvalue weighted by Gasteiger charge is 1.58. The first-order chi connectivity index (χ1) is 3.65. The van der Waals surface area contributed by atoms with Gasteiger partial charge in [-0.25, -0.2) is 0 Å². The van der Waals surface area contributed by atoms with Crippen molar-refractivity contribution in [1.29, 1.82) is 0 Å². The molecular formula is C5H11O3-. The molecule has 3 heteroatoms. The monoisotopic (exact) mass is 119 g/mol. The van der Waals surface area contributed by atoms with E-state index in [4.69, 9.17) is 10.2 Å². The smallest absolute Gasteiger partial charge is 0.0662 e. The normalized spacial score (nSPS) is 6.88. The predicted molar refractivity (Wildman–Crippen MR) is 29.0 cm³/mol. The molecule has 8 heavy (non-hydrogen) atoms. The van der Waals surface area contributed by atoms with Crippen molar-refractivity contribution in [3.05, 3.63) is 12.3 Å². The molecule has 0 aliphatic carbocycles. The van der Waals surface area contributed by atoms with Crippen molar-refractivity contribution in [2.45, 2.75) is 6.92 Å². The van der Waals surface area contributed by atoms with E-state index in [9.17, 15) is 5.11 Å². The fraction of sp³-hybridized carbons (Fsp3) is 0.600. The summed E-state index contributed by atoms with van der Waals surface area (Å²) in [6.45, 7) is 4.17. The van der Waals surface area contributed by atoms with Crippen molar-refractivity contribution in [3.63, 3.8) is 0 Å². The zero-order valence-electron chi connectivity index (χ0n) is 4.92. The van der Waals surface area contributed by atoms with E-state index in [0.717, 1.165) is 0 Å². The molecule has 0 saturated carbocycles. The number of rotatable bonds is 1. The highest BCUT2D eigenvalue weighted by Crippen LogP contribution is 1.57. The third kappa shape index (κ3) is 513. The lowest BCUT2D eigenvalue weighted by Crippen LogP contribution is -1.92. The summed E-state index contributed by atoms with van der Waals surface area (Å²) in [5, 5.41) is 24.6. The molecule has 0 aliphatic heterocycles. The molecule has 0 radical (unpaired) electrons. The number of hydrogen-bond acceptors (Lipinski definition) is 3. The van der Waals surface area contributed by atoms with Gasteiger partial charge in [-0.1, -0.05) is 6.92 Å². The molecule has 0 amide bonds. The number of allylic oxidation sites excluding steroid dienone is 1. The Kier molecular flexibility index (Phi) is 12.6. The zero-order valence-corrected chi connectivity index (χ0v) is 4.92. The number of aliphatic hydroxyl groups is 2. The summed E-state index contributed by atoms with van der Waals surface area (Å²) < 4.78 is 0. The molecule has 0 heterocycles. The maximum absolute atomic E-state index is 9.33. The lowest BCUT2D eigenvalue weighted by molar-refractivity contribution is -0.300. The lowest BCUT2D eigenvalue weighted by Gasteiger charge is -1.92. The molecule has 0 spiro atoms. The predicted octanol–water partition coefficient (Wildman–Crippen LogP) is -1.15. The second kappa shape index (κ2) is 9.68. The van der Waals surface area contributed by atoms with Gasteiger partial charge in [0.1, 0.15) is 0 Å². The minimum Gasteiger partial charge on any atom is -0.876 e. The molecule has 0 aromatic rings. The van der Waals surface area contributed by atoms with Gasteiger partial charge in [-0.2, -0.15) is 0 Å². The van der Waals surface area contributed by atoms with Crippen LogP contribution in [0.1, 0.15) is 6.92 Å². The van der Waals surface area contributed by atoms with Crippen molar-refractivity contribution in [2.75, 3.05) is 13.2 Å². The molecule has 0 bridgehead atoms. The minimum atomic E-state index is -0.125. The largest absolute Gasteiger partial charge is 0.876 e. The van der Waals surface area contributed by atoms with Crippen LogP contribution in [0.15, 0.2) is 12.3 Å². The zero-order chi connectivity index (χ0) is 6.99. The van der Waals surface area contributed by atoms with E-state index in [1.807, 2.05) is 0 Å². The summed E-state index contributed by atoms with van der Waals surface area (Å²) in [5.74, 6) is -0.0833. The fourth-order valence-electron chi connectivity index (χ4n) is 0. The van der Waals surface area contributed by atoms with Gasteiger partial charge in [0, 0.05) is 0 Å². The first-order valence-corrected chi connectivity index (χ1v) is 2.19. The van der Waals surface area contributed by atoms with Crippen LogP contribution >= 0.6 is 0 Å².